The van der Waals surface area contributed by atoms with Gasteiger partial charge in [-0.05, 0) is 0 Å². The minimum absolute atomic E-state index is 0.140. The van der Waals surface area contributed by atoms with Gasteiger partial charge in [0.1, 0.15) is 0 Å². The summed E-state index contributed by atoms with van der Waals surface area (Å²) in [4.78, 5) is 18.4. The van der Waals surface area contributed by atoms with Gasteiger partial charge in [0, 0.05) is 26.2 Å². The summed E-state index contributed by atoms with van der Waals surface area (Å²) in [5.41, 5.74) is 0. The summed E-state index contributed by atoms with van der Waals surface area (Å²) in [5.74, 6) is -1.58. The van der Waals surface area contributed by atoms with Crippen molar-refractivity contribution < 1.29 is 45.0 Å². The Bertz CT molecular complexity index is 214. The number of hydrogen-bond donors (Lipinski definition) is 6. The van der Waals surface area contributed by atoms with Gasteiger partial charge in [-0.15, -0.1) is 0 Å². The normalized spacial score (nSPS) is 9.40. The highest BCUT2D eigenvalue weighted by molar-refractivity contribution is 5.66. The molecule has 0 rings (SSSR count). The Hall–Kier alpha value is -1.26. The van der Waals surface area contributed by atoms with E-state index in [9.17, 15) is 4.79 Å². The van der Waals surface area contributed by atoms with E-state index in [1.54, 1.807) is 6.92 Å². The van der Waals surface area contributed by atoms with E-state index in [0.29, 0.717) is 0 Å². The summed E-state index contributed by atoms with van der Waals surface area (Å²) in [6, 6.07) is 0. The summed E-state index contributed by atoms with van der Waals surface area (Å²) >= 11 is 0. The quantitative estimate of drug-likeness (QED) is 0.255. The van der Waals surface area contributed by atoms with Crippen LogP contribution in [0, 0.1) is 0 Å². The molecule has 0 saturated heterocycles. The first-order valence-electron chi connectivity index (χ1n) is 5.84. The second kappa shape index (κ2) is 17.7. The first kappa shape index (κ1) is 23.8. The van der Waals surface area contributed by atoms with Crippen molar-refractivity contribution in [2.45, 2.75) is 45.7 Å². The molecule has 0 bridgehead atoms. The van der Waals surface area contributed by atoms with Crippen molar-refractivity contribution in [3.05, 3.63) is 0 Å². The SMILES string of the molecule is CC(=O)O.CCC(=O)O.OC(O)CCOCCC(O)O. The van der Waals surface area contributed by atoms with E-state index in [0.717, 1.165) is 6.92 Å². The first-order valence-corrected chi connectivity index (χ1v) is 5.84. The summed E-state index contributed by atoms with van der Waals surface area (Å²) in [5, 5.41) is 48.5. The molecule has 6 N–H and O–H groups in total. The average molecular weight is 300 g/mol. The van der Waals surface area contributed by atoms with Crippen molar-refractivity contribution in [3.63, 3.8) is 0 Å². The highest BCUT2D eigenvalue weighted by Gasteiger charge is 1.98. The predicted octanol–water partition coefficient (Wildman–Crippen LogP) is -1.02. The Morgan fingerprint density at radius 2 is 1.20 bits per heavy atom. The van der Waals surface area contributed by atoms with E-state index in [1.165, 1.54) is 0 Å². The molecule has 0 aliphatic carbocycles. The van der Waals surface area contributed by atoms with Crippen molar-refractivity contribution in [3.8, 4) is 0 Å². The molecule has 0 saturated carbocycles. The number of hydrogen-bond acceptors (Lipinski definition) is 7. The van der Waals surface area contributed by atoms with Gasteiger partial charge in [0.05, 0.1) is 13.2 Å². The van der Waals surface area contributed by atoms with Gasteiger partial charge in [-0.2, -0.15) is 0 Å². The monoisotopic (exact) mass is 300 g/mol. The van der Waals surface area contributed by atoms with Crippen molar-refractivity contribution in [1.29, 1.82) is 0 Å². The lowest BCUT2D eigenvalue weighted by Crippen LogP contribution is -2.12. The highest BCUT2D eigenvalue weighted by atomic mass is 16.5. The first-order chi connectivity index (χ1) is 9.13. The molecule has 0 aliphatic heterocycles. The fourth-order valence-electron chi connectivity index (χ4n) is 0.480. The van der Waals surface area contributed by atoms with Gasteiger partial charge in [0.25, 0.3) is 5.97 Å². The molecule has 20 heavy (non-hydrogen) atoms. The molecule has 122 valence electrons. The van der Waals surface area contributed by atoms with E-state index in [1.807, 2.05) is 0 Å². The summed E-state index contributed by atoms with van der Waals surface area (Å²) in [6.45, 7) is 3.11. The Morgan fingerprint density at radius 3 is 1.35 bits per heavy atom. The number of aliphatic hydroxyl groups is 4. The van der Waals surface area contributed by atoms with Crippen LogP contribution in [0.3, 0.4) is 0 Å². The average Bonchev–Trinajstić information content (AvgIpc) is 2.27. The molecule has 9 nitrogen and oxygen atoms in total. The number of ether oxygens (including phenoxy) is 1. The van der Waals surface area contributed by atoms with Crippen LogP contribution in [0.4, 0.5) is 0 Å². The summed E-state index contributed by atoms with van der Waals surface area (Å²) < 4.78 is 4.82. The van der Waals surface area contributed by atoms with E-state index < -0.39 is 24.5 Å². The van der Waals surface area contributed by atoms with Crippen molar-refractivity contribution in [2.75, 3.05) is 13.2 Å². The molecule has 0 amide bonds. The molecule has 0 unspecified atom stereocenters. The maximum Gasteiger partial charge on any atom is 0.303 e. The Kier molecular flexibility index (Phi) is 21.1. The summed E-state index contributed by atoms with van der Waals surface area (Å²) in [7, 11) is 0. The zero-order valence-electron chi connectivity index (χ0n) is 11.6. The van der Waals surface area contributed by atoms with Gasteiger partial charge in [-0.1, -0.05) is 6.92 Å². The van der Waals surface area contributed by atoms with Gasteiger partial charge in [-0.3, -0.25) is 9.59 Å². The number of aliphatic hydroxyl groups excluding tert-OH is 2. The van der Waals surface area contributed by atoms with Crippen LogP contribution in [-0.4, -0.2) is 68.4 Å². The molecule has 0 radical (unpaired) electrons. The largest absolute Gasteiger partial charge is 0.481 e. The third-order valence-electron chi connectivity index (χ3n) is 1.34. The molecule has 0 atom stereocenters. The Balaban J connectivity index is -0.000000266. The molecule has 0 aliphatic rings. The minimum atomic E-state index is -1.35. The van der Waals surface area contributed by atoms with Crippen LogP contribution in [-0.2, 0) is 14.3 Å². The second-order valence-corrected chi connectivity index (χ2v) is 3.42. The Morgan fingerprint density at radius 1 is 0.950 bits per heavy atom. The molecule has 0 aromatic carbocycles. The fraction of sp³-hybridized carbons (Fsp3) is 0.818. The van der Waals surface area contributed by atoms with E-state index in [2.05, 4.69) is 0 Å². The number of aliphatic carboxylic acids is 2. The molecule has 0 aromatic rings. The third-order valence-corrected chi connectivity index (χ3v) is 1.34. The van der Waals surface area contributed by atoms with Crippen LogP contribution in [0.2, 0.25) is 0 Å². The standard InChI is InChI=1S/C6H14O5.C3H6O2.C2H4O2/c7-5(8)1-3-11-4-2-6(9)10;1-2-3(4)5;1-2(3)4/h5-10H,1-4H2;2H2,1H3,(H,4,5);1H3,(H,3,4). The lowest BCUT2D eigenvalue weighted by molar-refractivity contribution is -0.137. The molecule has 0 aromatic heterocycles. The van der Waals surface area contributed by atoms with Gasteiger partial charge in [0.2, 0.25) is 0 Å². The van der Waals surface area contributed by atoms with Gasteiger partial charge < -0.3 is 35.4 Å². The van der Waals surface area contributed by atoms with Crippen molar-refractivity contribution in [1.82, 2.24) is 0 Å². The minimum Gasteiger partial charge on any atom is -0.481 e. The number of rotatable bonds is 7. The Labute approximate surface area is 117 Å². The lowest BCUT2D eigenvalue weighted by atomic mass is 10.4. The molecule has 0 heterocycles. The van der Waals surface area contributed by atoms with E-state index in [-0.39, 0.29) is 32.5 Å². The van der Waals surface area contributed by atoms with Crippen LogP contribution in [0.1, 0.15) is 33.1 Å². The van der Waals surface area contributed by atoms with E-state index >= 15 is 0 Å². The van der Waals surface area contributed by atoms with Gasteiger partial charge >= 0.3 is 5.97 Å². The third kappa shape index (κ3) is 54.3. The molecular formula is C11H24O9. The number of carbonyl (C=O) groups is 2. The van der Waals surface area contributed by atoms with E-state index in [4.69, 9.17) is 40.2 Å². The second-order valence-electron chi connectivity index (χ2n) is 3.42. The molecule has 0 spiro atoms. The lowest BCUT2D eigenvalue weighted by Gasteiger charge is -2.05. The van der Waals surface area contributed by atoms with Crippen LogP contribution in [0.15, 0.2) is 0 Å². The highest BCUT2D eigenvalue weighted by Crippen LogP contribution is 1.91. The van der Waals surface area contributed by atoms with Crippen LogP contribution in [0.25, 0.3) is 0 Å². The van der Waals surface area contributed by atoms with Gasteiger partial charge in [-0.25, -0.2) is 0 Å². The van der Waals surface area contributed by atoms with Crippen LogP contribution in [0.5, 0.6) is 0 Å². The van der Waals surface area contributed by atoms with Crippen LogP contribution >= 0.6 is 0 Å². The van der Waals surface area contributed by atoms with Crippen molar-refractivity contribution >= 4 is 11.9 Å². The number of carboxylic acid groups (broad SMARTS) is 2. The fourth-order valence-corrected chi connectivity index (χ4v) is 0.480. The molecule has 9 heteroatoms. The predicted molar refractivity (Wildman–Crippen MR) is 67.7 cm³/mol. The van der Waals surface area contributed by atoms with Crippen molar-refractivity contribution in [2.24, 2.45) is 0 Å². The molecule has 0 fully saturated rings. The topological polar surface area (TPSA) is 165 Å². The number of carboxylic acids is 2. The van der Waals surface area contributed by atoms with Gasteiger partial charge in [0.15, 0.2) is 12.6 Å². The molecular weight excluding hydrogens is 276 g/mol. The zero-order valence-corrected chi connectivity index (χ0v) is 11.6. The maximum absolute atomic E-state index is 9.37. The maximum atomic E-state index is 9.37. The van der Waals surface area contributed by atoms with Crippen LogP contribution < -0.4 is 0 Å². The zero-order chi connectivity index (χ0) is 16.6. The smallest absolute Gasteiger partial charge is 0.303 e. The summed E-state index contributed by atoms with van der Waals surface area (Å²) in [6.07, 6.45) is -2.20.